The molecule has 5 nitrogen and oxygen atoms in total. The van der Waals surface area contributed by atoms with Gasteiger partial charge in [-0.2, -0.15) is 0 Å². The second-order valence-corrected chi connectivity index (χ2v) is 3.70. The molecule has 16 heavy (non-hydrogen) atoms. The minimum Gasteiger partial charge on any atom is -0.480 e. The molecule has 0 rings (SSSR count). The summed E-state index contributed by atoms with van der Waals surface area (Å²) in [7, 11) is 3.47. The van der Waals surface area contributed by atoms with Crippen molar-refractivity contribution in [3.05, 3.63) is 0 Å². The Morgan fingerprint density at radius 3 is 2.56 bits per heavy atom. The maximum absolute atomic E-state index is 10.8. The van der Waals surface area contributed by atoms with Crippen LogP contribution in [0.25, 0.3) is 0 Å². The van der Waals surface area contributed by atoms with E-state index in [2.05, 4.69) is 0 Å². The Morgan fingerprint density at radius 1 is 1.38 bits per heavy atom. The van der Waals surface area contributed by atoms with E-state index >= 15 is 0 Å². The van der Waals surface area contributed by atoms with Crippen LogP contribution in [-0.2, 0) is 14.3 Å². The lowest BCUT2D eigenvalue weighted by Gasteiger charge is -2.23. The zero-order chi connectivity index (χ0) is 12.4. The van der Waals surface area contributed by atoms with Crippen molar-refractivity contribution in [2.45, 2.75) is 25.8 Å². The van der Waals surface area contributed by atoms with E-state index in [1.54, 1.807) is 19.1 Å². The van der Waals surface area contributed by atoms with Crippen molar-refractivity contribution in [3.63, 3.8) is 0 Å². The quantitative estimate of drug-likeness (QED) is 0.566. The van der Waals surface area contributed by atoms with Gasteiger partial charge in [0, 0.05) is 26.9 Å². The Balaban J connectivity index is 3.55. The van der Waals surface area contributed by atoms with Gasteiger partial charge >= 0.3 is 5.97 Å². The SMILES string of the molecule is CCC(C(=O)O)N(C)CCOCCCOC. The van der Waals surface area contributed by atoms with Gasteiger partial charge < -0.3 is 14.6 Å². The van der Waals surface area contributed by atoms with Crippen LogP contribution in [0.1, 0.15) is 19.8 Å². The molecule has 0 saturated heterocycles. The van der Waals surface area contributed by atoms with Gasteiger partial charge in [-0.05, 0) is 19.9 Å². The zero-order valence-electron chi connectivity index (χ0n) is 10.4. The molecule has 0 fully saturated rings. The van der Waals surface area contributed by atoms with E-state index in [1.165, 1.54) is 0 Å². The number of hydrogen-bond acceptors (Lipinski definition) is 4. The van der Waals surface area contributed by atoms with Crippen molar-refractivity contribution in [2.75, 3.05) is 40.5 Å². The molecule has 0 heterocycles. The standard InChI is InChI=1S/C11H23NO4/c1-4-10(11(13)14)12(2)6-9-16-8-5-7-15-3/h10H,4-9H2,1-3H3,(H,13,14). The van der Waals surface area contributed by atoms with Gasteiger partial charge in [-0.3, -0.25) is 9.69 Å². The molecule has 0 aromatic carbocycles. The van der Waals surface area contributed by atoms with E-state index in [0.717, 1.165) is 6.42 Å². The van der Waals surface area contributed by atoms with E-state index in [0.29, 0.717) is 32.8 Å². The van der Waals surface area contributed by atoms with Crippen LogP contribution in [0, 0.1) is 0 Å². The summed E-state index contributed by atoms with van der Waals surface area (Å²) in [4.78, 5) is 12.7. The third-order valence-electron chi connectivity index (χ3n) is 2.43. The maximum atomic E-state index is 10.8. The molecule has 0 amide bonds. The molecule has 0 aliphatic rings. The number of nitrogens with zero attached hydrogens (tertiary/aromatic N) is 1. The summed E-state index contributed by atoms with van der Waals surface area (Å²) in [6.45, 7) is 4.42. The Labute approximate surface area is 97.3 Å². The second-order valence-electron chi connectivity index (χ2n) is 3.70. The highest BCUT2D eigenvalue weighted by molar-refractivity contribution is 5.73. The summed E-state index contributed by atoms with van der Waals surface area (Å²) in [5.41, 5.74) is 0. The van der Waals surface area contributed by atoms with Crippen molar-refractivity contribution in [2.24, 2.45) is 0 Å². The second kappa shape index (κ2) is 9.57. The predicted octanol–water partition coefficient (Wildman–Crippen LogP) is 0.835. The smallest absolute Gasteiger partial charge is 0.320 e. The molecule has 0 aliphatic heterocycles. The average molecular weight is 233 g/mol. The summed E-state index contributed by atoms with van der Waals surface area (Å²) in [5, 5.41) is 8.92. The highest BCUT2D eigenvalue weighted by Gasteiger charge is 2.19. The molecule has 0 bridgehead atoms. The number of rotatable bonds is 10. The summed E-state index contributed by atoms with van der Waals surface area (Å²) in [5.74, 6) is -0.774. The van der Waals surface area contributed by atoms with Gasteiger partial charge in [0.2, 0.25) is 0 Å². The first-order chi connectivity index (χ1) is 7.63. The van der Waals surface area contributed by atoms with Crippen LogP contribution in [0.5, 0.6) is 0 Å². The summed E-state index contributed by atoms with van der Waals surface area (Å²) in [6.07, 6.45) is 1.48. The largest absolute Gasteiger partial charge is 0.480 e. The molecule has 0 aromatic rings. The van der Waals surface area contributed by atoms with E-state index in [-0.39, 0.29) is 0 Å². The molecule has 0 spiro atoms. The maximum Gasteiger partial charge on any atom is 0.320 e. The lowest BCUT2D eigenvalue weighted by atomic mass is 10.2. The first-order valence-corrected chi connectivity index (χ1v) is 5.63. The number of hydrogen-bond donors (Lipinski definition) is 1. The zero-order valence-corrected chi connectivity index (χ0v) is 10.4. The van der Waals surface area contributed by atoms with Crippen LogP contribution in [0.2, 0.25) is 0 Å². The van der Waals surface area contributed by atoms with Crippen molar-refractivity contribution in [1.29, 1.82) is 0 Å². The Bertz CT molecular complexity index is 187. The molecule has 0 saturated carbocycles. The van der Waals surface area contributed by atoms with Crippen LogP contribution in [0.3, 0.4) is 0 Å². The number of ether oxygens (including phenoxy) is 2. The monoisotopic (exact) mass is 233 g/mol. The molecular formula is C11H23NO4. The fourth-order valence-electron chi connectivity index (χ4n) is 1.45. The van der Waals surface area contributed by atoms with Crippen LogP contribution in [-0.4, -0.2) is 62.5 Å². The Kier molecular flexibility index (Phi) is 9.18. The summed E-state index contributed by atoms with van der Waals surface area (Å²) in [6, 6.07) is -0.414. The highest BCUT2D eigenvalue weighted by Crippen LogP contribution is 2.01. The van der Waals surface area contributed by atoms with Crippen molar-refractivity contribution in [3.8, 4) is 0 Å². The third-order valence-corrected chi connectivity index (χ3v) is 2.43. The van der Waals surface area contributed by atoms with Gasteiger partial charge in [0.25, 0.3) is 0 Å². The fraction of sp³-hybridized carbons (Fsp3) is 0.909. The van der Waals surface area contributed by atoms with E-state index in [1.807, 2.05) is 6.92 Å². The predicted molar refractivity (Wildman–Crippen MR) is 61.7 cm³/mol. The molecular weight excluding hydrogens is 210 g/mol. The molecule has 1 atom stereocenters. The van der Waals surface area contributed by atoms with Crippen LogP contribution < -0.4 is 0 Å². The van der Waals surface area contributed by atoms with Gasteiger partial charge in [-0.25, -0.2) is 0 Å². The van der Waals surface area contributed by atoms with Crippen LogP contribution in [0.15, 0.2) is 0 Å². The Hall–Kier alpha value is -0.650. The van der Waals surface area contributed by atoms with Crippen LogP contribution >= 0.6 is 0 Å². The van der Waals surface area contributed by atoms with Gasteiger partial charge in [0.15, 0.2) is 0 Å². The molecule has 5 heteroatoms. The first kappa shape index (κ1) is 15.3. The first-order valence-electron chi connectivity index (χ1n) is 5.63. The number of likely N-dealkylation sites (N-methyl/N-ethyl adjacent to an activating group) is 1. The molecule has 0 aromatic heterocycles. The van der Waals surface area contributed by atoms with E-state index in [9.17, 15) is 4.79 Å². The highest BCUT2D eigenvalue weighted by atomic mass is 16.5. The van der Waals surface area contributed by atoms with Crippen molar-refractivity contribution < 1.29 is 19.4 Å². The number of carboxylic acid groups (broad SMARTS) is 1. The molecule has 96 valence electrons. The number of carbonyl (C=O) groups is 1. The van der Waals surface area contributed by atoms with Crippen LogP contribution in [0.4, 0.5) is 0 Å². The van der Waals surface area contributed by atoms with Crippen molar-refractivity contribution in [1.82, 2.24) is 4.90 Å². The Morgan fingerprint density at radius 2 is 2.06 bits per heavy atom. The van der Waals surface area contributed by atoms with E-state index < -0.39 is 12.0 Å². The van der Waals surface area contributed by atoms with E-state index in [4.69, 9.17) is 14.6 Å². The lowest BCUT2D eigenvalue weighted by molar-refractivity contribution is -0.143. The number of carboxylic acids is 1. The van der Waals surface area contributed by atoms with Crippen molar-refractivity contribution >= 4 is 5.97 Å². The minimum atomic E-state index is -0.774. The average Bonchev–Trinajstić information content (AvgIpc) is 2.23. The summed E-state index contributed by atoms with van der Waals surface area (Å²) >= 11 is 0. The topological polar surface area (TPSA) is 59.0 Å². The molecule has 1 unspecified atom stereocenters. The number of aliphatic carboxylic acids is 1. The summed E-state index contributed by atoms with van der Waals surface area (Å²) < 4.78 is 10.3. The van der Waals surface area contributed by atoms with Gasteiger partial charge in [-0.1, -0.05) is 6.92 Å². The normalized spacial score (nSPS) is 13.0. The third kappa shape index (κ3) is 6.76. The van der Waals surface area contributed by atoms with Gasteiger partial charge in [0.1, 0.15) is 6.04 Å². The van der Waals surface area contributed by atoms with Gasteiger partial charge in [-0.15, -0.1) is 0 Å². The number of methoxy groups -OCH3 is 1. The minimum absolute atomic E-state index is 0.414. The van der Waals surface area contributed by atoms with Gasteiger partial charge in [0.05, 0.1) is 6.61 Å². The molecule has 1 N–H and O–H groups in total. The molecule has 0 radical (unpaired) electrons. The fourth-order valence-corrected chi connectivity index (χ4v) is 1.45. The lowest BCUT2D eigenvalue weighted by Crippen LogP contribution is -2.39. The molecule has 0 aliphatic carbocycles.